The summed E-state index contributed by atoms with van der Waals surface area (Å²) in [5, 5.41) is 3.01. The molecule has 108 valence electrons. The van der Waals surface area contributed by atoms with Crippen molar-refractivity contribution in [1.29, 1.82) is 0 Å². The molecule has 4 nitrogen and oxygen atoms in total. The summed E-state index contributed by atoms with van der Waals surface area (Å²) in [5.41, 5.74) is 1.39. The molecule has 0 atom stereocenters. The van der Waals surface area contributed by atoms with Crippen molar-refractivity contribution < 1.29 is 4.79 Å². The highest BCUT2D eigenvalue weighted by atomic mass is 16.1. The van der Waals surface area contributed by atoms with Gasteiger partial charge in [-0.1, -0.05) is 6.07 Å². The molecule has 1 saturated carbocycles. The number of amides is 1. The third kappa shape index (κ3) is 2.12. The van der Waals surface area contributed by atoms with Crippen LogP contribution in [-0.4, -0.2) is 36.4 Å². The SMILES string of the molecule is CN(C)[C@]1(c2ccccn2)CC[C@]2(CC1)CNC(=O)C2. The molecule has 2 fully saturated rings. The van der Waals surface area contributed by atoms with Crippen molar-refractivity contribution in [3.63, 3.8) is 0 Å². The largest absolute Gasteiger partial charge is 0.356 e. The Kier molecular flexibility index (Phi) is 3.28. The van der Waals surface area contributed by atoms with Gasteiger partial charge in [0.15, 0.2) is 0 Å². The Hall–Kier alpha value is -1.42. The van der Waals surface area contributed by atoms with E-state index in [0.717, 1.165) is 37.9 Å². The van der Waals surface area contributed by atoms with E-state index in [0.29, 0.717) is 6.42 Å². The van der Waals surface area contributed by atoms with Gasteiger partial charge in [0.1, 0.15) is 0 Å². The van der Waals surface area contributed by atoms with Crippen molar-refractivity contribution in [3.8, 4) is 0 Å². The van der Waals surface area contributed by atoms with Crippen molar-refractivity contribution in [2.45, 2.75) is 37.6 Å². The lowest BCUT2D eigenvalue weighted by atomic mass is 9.65. The molecule has 1 aliphatic carbocycles. The monoisotopic (exact) mass is 273 g/mol. The Morgan fingerprint density at radius 1 is 1.20 bits per heavy atom. The topological polar surface area (TPSA) is 45.2 Å². The van der Waals surface area contributed by atoms with Gasteiger partial charge in [0.05, 0.1) is 11.2 Å². The van der Waals surface area contributed by atoms with Gasteiger partial charge in [-0.2, -0.15) is 0 Å². The van der Waals surface area contributed by atoms with Crippen LogP contribution in [0.15, 0.2) is 24.4 Å². The molecule has 0 radical (unpaired) electrons. The van der Waals surface area contributed by atoms with E-state index in [4.69, 9.17) is 0 Å². The molecule has 3 rings (SSSR count). The van der Waals surface area contributed by atoms with Crippen LogP contribution in [0.1, 0.15) is 37.8 Å². The van der Waals surface area contributed by atoms with Gasteiger partial charge >= 0.3 is 0 Å². The summed E-state index contributed by atoms with van der Waals surface area (Å²) in [6, 6.07) is 6.17. The second-order valence-corrected chi connectivity index (χ2v) is 6.59. The number of hydrogen-bond donors (Lipinski definition) is 1. The first kappa shape index (κ1) is 13.6. The van der Waals surface area contributed by atoms with E-state index in [2.05, 4.69) is 41.4 Å². The third-order valence-corrected chi connectivity index (χ3v) is 5.33. The van der Waals surface area contributed by atoms with Gasteiger partial charge in [-0.25, -0.2) is 0 Å². The van der Waals surface area contributed by atoms with Crippen LogP contribution in [-0.2, 0) is 10.3 Å². The molecular weight excluding hydrogens is 250 g/mol. The molecule has 0 bridgehead atoms. The summed E-state index contributed by atoms with van der Waals surface area (Å²) in [6.07, 6.45) is 6.93. The van der Waals surface area contributed by atoms with E-state index in [1.165, 1.54) is 0 Å². The molecule has 4 heteroatoms. The molecule has 1 saturated heterocycles. The highest BCUT2D eigenvalue weighted by molar-refractivity contribution is 5.79. The fraction of sp³-hybridized carbons (Fsp3) is 0.625. The van der Waals surface area contributed by atoms with Gasteiger partial charge in [-0.3, -0.25) is 14.7 Å². The Balaban J connectivity index is 1.84. The van der Waals surface area contributed by atoms with Gasteiger partial charge in [0, 0.05) is 19.2 Å². The molecule has 1 aromatic rings. The van der Waals surface area contributed by atoms with Crippen LogP contribution >= 0.6 is 0 Å². The number of nitrogens with one attached hydrogen (secondary N) is 1. The Morgan fingerprint density at radius 2 is 1.95 bits per heavy atom. The highest BCUT2D eigenvalue weighted by Crippen LogP contribution is 2.50. The van der Waals surface area contributed by atoms with Gasteiger partial charge < -0.3 is 5.32 Å². The fourth-order valence-electron chi connectivity index (χ4n) is 3.87. The average Bonchev–Trinajstić information content (AvgIpc) is 2.82. The predicted molar refractivity (Wildman–Crippen MR) is 78.1 cm³/mol. The van der Waals surface area contributed by atoms with Crippen LogP contribution in [0, 0.1) is 5.41 Å². The average molecular weight is 273 g/mol. The zero-order chi connectivity index (χ0) is 14.2. The van der Waals surface area contributed by atoms with Crippen LogP contribution in [0.3, 0.4) is 0 Å². The maximum absolute atomic E-state index is 11.5. The second-order valence-electron chi connectivity index (χ2n) is 6.59. The molecular formula is C16H23N3O. The van der Waals surface area contributed by atoms with Crippen LogP contribution in [0.2, 0.25) is 0 Å². The van der Waals surface area contributed by atoms with E-state index in [1.54, 1.807) is 0 Å². The van der Waals surface area contributed by atoms with Crippen LogP contribution in [0.5, 0.6) is 0 Å². The second kappa shape index (κ2) is 4.85. The van der Waals surface area contributed by atoms with Gasteiger partial charge in [-0.15, -0.1) is 0 Å². The van der Waals surface area contributed by atoms with Crippen LogP contribution in [0.4, 0.5) is 0 Å². The third-order valence-electron chi connectivity index (χ3n) is 5.33. The summed E-state index contributed by atoms with van der Waals surface area (Å²) in [6.45, 7) is 0.859. The van der Waals surface area contributed by atoms with Gasteiger partial charge in [0.2, 0.25) is 5.91 Å². The number of carbonyl (C=O) groups is 1. The number of hydrogen-bond acceptors (Lipinski definition) is 3. The smallest absolute Gasteiger partial charge is 0.220 e. The van der Waals surface area contributed by atoms with Crippen molar-refractivity contribution >= 4 is 5.91 Å². The van der Waals surface area contributed by atoms with Gasteiger partial charge in [-0.05, 0) is 57.3 Å². The first-order valence-corrected chi connectivity index (χ1v) is 7.42. The lowest BCUT2D eigenvalue weighted by molar-refractivity contribution is -0.120. The lowest BCUT2D eigenvalue weighted by Gasteiger charge is -2.47. The van der Waals surface area contributed by atoms with Crippen molar-refractivity contribution in [2.75, 3.05) is 20.6 Å². The maximum atomic E-state index is 11.5. The minimum Gasteiger partial charge on any atom is -0.356 e. The first-order valence-electron chi connectivity index (χ1n) is 7.42. The van der Waals surface area contributed by atoms with E-state index in [1.807, 2.05) is 12.3 Å². The summed E-state index contributed by atoms with van der Waals surface area (Å²) in [5.74, 6) is 0.222. The normalized spacial score (nSPS) is 33.6. The molecule has 0 aromatic carbocycles. The fourth-order valence-corrected chi connectivity index (χ4v) is 3.87. The zero-order valence-corrected chi connectivity index (χ0v) is 12.4. The standard InChI is InChI=1S/C16H23N3O/c1-19(2)16(13-5-3-4-10-17-13)8-6-15(7-9-16)11-14(20)18-12-15/h3-5,10H,6-9,11-12H2,1-2H3,(H,18,20)/t15-,16-. The predicted octanol–water partition coefficient (Wildman–Crippen LogP) is 1.92. The number of rotatable bonds is 2. The Bertz CT molecular complexity index is 490. The quantitative estimate of drug-likeness (QED) is 0.895. The van der Waals surface area contributed by atoms with Crippen molar-refractivity contribution in [1.82, 2.24) is 15.2 Å². The molecule has 2 aliphatic rings. The van der Waals surface area contributed by atoms with E-state index < -0.39 is 0 Å². The maximum Gasteiger partial charge on any atom is 0.220 e. The van der Waals surface area contributed by atoms with Crippen molar-refractivity contribution in [2.24, 2.45) is 5.41 Å². The lowest BCUT2D eigenvalue weighted by Crippen LogP contribution is -2.47. The number of pyridine rings is 1. The van der Waals surface area contributed by atoms with Gasteiger partial charge in [0.25, 0.3) is 0 Å². The molecule has 20 heavy (non-hydrogen) atoms. The number of nitrogens with zero attached hydrogens (tertiary/aromatic N) is 2. The molecule has 1 amide bonds. The van der Waals surface area contributed by atoms with E-state index >= 15 is 0 Å². The molecule has 1 aromatic heterocycles. The highest BCUT2D eigenvalue weighted by Gasteiger charge is 2.48. The van der Waals surface area contributed by atoms with E-state index in [9.17, 15) is 4.79 Å². The molecule has 1 aliphatic heterocycles. The van der Waals surface area contributed by atoms with Crippen LogP contribution < -0.4 is 5.32 Å². The zero-order valence-electron chi connectivity index (χ0n) is 12.4. The number of aromatic nitrogens is 1. The van der Waals surface area contributed by atoms with Crippen molar-refractivity contribution in [3.05, 3.63) is 30.1 Å². The summed E-state index contributed by atoms with van der Waals surface area (Å²) >= 11 is 0. The Labute approximate surface area is 120 Å². The Morgan fingerprint density at radius 3 is 2.45 bits per heavy atom. The molecule has 0 unspecified atom stereocenters. The first-order chi connectivity index (χ1) is 9.56. The summed E-state index contributed by atoms with van der Waals surface area (Å²) < 4.78 is 0. The minimum absolute atomic E-state index is 0.0259. The van der Waals surface area contributed by atoms with Crippen LogP contribution in [0.25, 0.3) is 0 Å². The van der Waals surface area contributed by atoms with E-state index in [-0.39, 0.29) is 16.9 Å². The molecule has 1 N–H and O–H groups in total. The number of carbonyl (C=O) groups excluding carboxylic acids is 1. The minimum atomic E-state index is 0.0259. The molecule has 1 spiro atoms. The molecule has 2 heterocycles. The summed E-state index contributed by atoms with van der Waals surface area (Å²) in [4.78, 5) is 18.5. The summed E-state index contributed by atoms with van der Waals surface area (Å²) in [7, 11) is 4.29.